The zero-order valence-corrected chi connectivity index (χ0v) is 31.4. The van der Waals surface area contributed by atoms with E-state index in [0.29, 0.717) is 0 Å². The summed E-state index contributed by atoms with van der Waals surface area (Å²) in [7, 11) is 0. The molecule has 3 heteroatoms. The second-order valence-corrected chi connectivity index (χ2v) is 15.0. The first-order chi connectivity index (χ1) is 27.7. The summed E-state index contributed by atoms with van der Waals surface area (Å²) in [6, 6.07) is 78.2. The molecule has 0 spiro atoms. The molecule has 0 unspecified atom stereocenters. The molecular weight excluding hydrogens is 697 g/mol. The van der Waals surface area contributed by atoms with Crippen LogP contribution >= 0.6 is 11.3 Å². The van der Waals surface area contributed by atoms with Crippen molar-refractivity contribution in [2.75, 3.05) is 4.90 Å². The van der Waals surface area contributed by atoms with Crippen molar-refractivity contribution in [3.8, 4) is 55.1 Å². The van der Waals surface area contributed by atoms with Crippen LogP contribution in [0.5, 0.6) is 0 Å². The first-order valence-corrected chi connectivity index (χ1v) is 19.8. The lowest BCUT2D eigenvalue weighted by atomic mass is 10.00. The third kappa shape index (κ3) is 6.55. The number of aromatic nitrogens is 1. The fourth-order valence-corrected chi connectivity index (χ4v) is 8.55. The van der Waals surface area contributed by atoms with Gasteiger partial charge in [0, 0.05) is 28.0 Å². The topological polar surface area (TPSA) is 16.1 Å². The number of thiazole rings is 1. The molecule has 0 N–H and O–H groups in total. The molecule has 56 heavy (non-hydrogen) atoms. The molecule has 0 atom stereocenters. The van der Waals surface area contributed by atoms with E-state index in [0.717, 1.165) is 33.1 Å². The van der Waals surface area contributed by atoms with Crippen molar-refractivity contribution < 1.29 is 0 Å². The highest BCUT2D eigenvalue weighted by atomic mass is 32.1. The van der Waals surface area contributed by atoms with E-state index in [1.54, 1.807) is 11.3 Å². The molecular formula is C53H36N2S. The van der Waals surface area contributed by atoms with Crippen LogP contribution in [0.4, 0.5) is 17.1 Å². The van der Waals surface area contributed by atoms with Crippen LogP contribution in [0.15, 0.2) is 218 Å². The Morgan fingerprint density at radius 1 is 0.321 bits per heavy atom. The number of fused-ring (bicyclic) bond motifs is 3. The molecule has 0 bridgehead atoms. The third-order valence-electron chi connectivity index (χ3n) is 10.5. The zero-order chi connectivity index (χ0) is 37.3. The van der Waals surface area contributed by atoms with Crippen LogP contribution in [0.25, 0.3) is 76.1 Å². The summed E-state index contributed by atoms with van der Waals surface area (Å²) < 4.78 is 1.19. The Balaban J connectivity index is 0.982. The summed E-state index contributed by atoms with van der Waals surface area (Å²) in [6.45, 7) is 0. The number of anilines is 3. The van der Waals surface area contributed by atoms with Gasteiger partial charge in [0.2, 0.25) is 0 Å². The Bertz CT molecular complexity index is 2820. The third-order valence-corrected chi connectivity index (χ3v) is 11.6. The van der Waals surface area contributed by atoms with Gasteiger partial charge in [-0.3, -0.25) is 0 Å². The van der Waals surface area contributed by atoms with Crippen molar-refractivity contribution in [2.24, 2.45) is 0 Å². The molecule has 9 aromatic carbocycles. The van der Waals surface area contributed by atoms with Crippen LogP contribution in [0.1, 0.15) is 0 Å². The van der Waals surface area contributed by atoms with Gasteiger partial charge in [-0.2, -0.15) is 0 Å². The van der Waals surface area contributed by atoms with E-state index in [4.69, 9.17) is 4.98 Å². The average Bonchev–Trinajstić information content (AvgIpc) is 3.73. The summed E-state index contributed by atoms with van der Waals surface area (Å²) in [5.74, 6) is 0. The quantitative estimate of drug-likeness (QED) is 0.155. The molecule has 0 aliphatic carbocycles. The number of nitrogens with zero attached hydrogens (tertiary/aromatic N) is 2. The van der Waals surface area contributed by atoms with Gasteiger partial charge in [-0.15, -0.1) is 11.3 Å². The number of hydrogen-bond acceptors (Lipinski definition) is 3. The molecule has 2 nitrogen and oxygen atoms in total. The van der Waals surface area contributed by atoms with Crippen LogP contribution in [-0.4, -0.2) is 4.98 Å². The van der Waals surface area contributed by atoms with Gasteiger partial charge in [0.25, 0.3) is 0 Å². The highest BCUT2D eigenvalue weighted by Crippen LogP contribution is 2.40. The predicted molar refractivity (Wildman–Crippen MR) is 239 cm³/mol. The Labute approximate surface area is 331 Å². The van der Waals surface area contributed by atoms with Gasteiger partial charge in [-0.25, -0.2) is 4.98 Å². The molecule has 1 heterocycles. The summed E-state index contributed by atoms with van der Waals surface area (Å²) in [4.78, 5) is 7.55. The highest BCUT2D eigenvalue weighted by molar-refractivity contribution is 7.21. The van der Waals surface area contributed by atoms with Gasteiger partial charge < -0.3 is 4.90 Å². The SMILES string of the molecule is c1ccc(-c2ccc(-c3nc4c(ccc5ccc(-c6ccc(N(c7ccc(-c8ccccc8)cc7)c7ccc(-c8ccccc8)cc7)cc6)cc54)s3)cc2)cc1. The molecule has 0 aliphatic rings. The fraction of sp³-hybridized carbons (Fsp3) is 0. The van der Waals surface area contributed by atoms with E-state index in [-0.39, 0.29) is 0 Å². The maximum absolute atomic E-state index is 5.22. The van der Waals surface area contributed by atoms with E-state index >= 15 is 0 Å². The number of rotatable bonds is 8. The normalized spacial score (nSPS) is 11.2. The van der Waals surface area contributed by atoms with E-state index in [1.807, 2.05) is 0 Å². The summed E-state index contributed by atoms with van der Waals surface area (Å²) in [6.07, 6.45) is 0. The minimum absolute atomic E-state index is 1.04. The minimum Gasteiger partial charge on any atom is -0.311 e. The molecule has 0 aliphatic heterocycles. The van der Waals surface area contributed by atoms with Crippen molar-refractivity contribution in [1.82, 2.24) is 4.98 Å². The highest BCUT2D eigenvalue weighted by Gasteiger charge is 2.15. The summed E-state index contributed by atoms with van der Waals surface area (Å²) in [5.41, 5.74) is 15.1. The van der Waals surface area contributed by atoms with Crippen LogP contribution in [0.3, 0.4) is 0 Å². The Morgan fingerprint density at radius 3 is 1.14 bits per heavy atom. The monoisotopic (exact) mass is 732 g/mol. The van der Waals surface area contributed by atoms with Gasteiger partial charge in [0.15, 0.2) is 0 Å². The molecule has 264 valence electrons. The molecule has 0 radical (unpaired) electrons. The van der Waals surface area contributed by atoms with Crippen molar-refractivity contribution in [3.63, 3.8) is 0 Å². The lowest BCUT2D eigenvalue weighted by molar-refractivity contribution is 1.28. The van der Waals surface area contributed by atoms with Gasteiger partial charge in [0.05, 0.1) is 10.2 Å². The molecule has 10 rings (SSSR count). The van der Waals surface area contributed by atoms with Gasteiger partial charge >= 0.3 is 0 Å². The van der Waals surface area contributed by atoms with Gasteiger partial charge in [0.1, 0.15) is 5.01 Å². The first kappa shape index (κ1) is 33.5. The van der Waals surface area contributed by atoms with Crippen LogP contribution in [0.2, 0.25) is 0 Å². The minimum atomic E-state index is 1.04. The molecule has 0 saturated carbocycles. The standard InChI is InChI=1S/C53H36N2S/c1-4-10-37(11-5-1)40-16-19-45(20-17-40)53-54-52-50-36-46(21-18-44(50)28-35-51(52)56-53)43-26-33-49(34-27-43)55(47-29-22-41(23-30-47)38-12-6-2-7-13-38)48-31-24-42(25-32-48)39-14-8-3-9-15-39/h1-36H. The Morgan fingerprint density at radius 2 is 0.679 bits per heavy atom. The largest absolute Gasteiger partial charge is 0.311 e. The van der Waals surface area contributed by atoms with Crippen LogP contribution in [0, 0.1) is 0 Å². The Kier molecular flexibility index (Phi) is 8.75. The van der Waals surface area contributed by atoms with E-state index in [9.17, 15) is 0 Å². The Hall–Kier alpha value is -7.07. The van der Waals surface area contributed by atoms with Crippen molar-refractivity contribution in [2.45, 2.75) is 0 Å². The molecule has 0 saturated heterocycles. The lowest BCUT2D eigenvalue weighted by Crippen LogP contribution is -2.09. The molecule has 0 amide bonds. The number of benzene rings is 9. The second kappa shape index (κ2) is 14.6. The fourth-order valence-electron chi connectivity index (χ4n) is 7.57. The first-order valence-electron chi connectivity index (χ1n) is 18.9. The average molecular weight is 733 g/mol. The lowest BCUT2D eigenvalue weighted by Gasteiger charge is -2.26. The zero-order valence-electron chi connectivity index (χ0n) is 30.6. The maximum Gasteiger partial charge on any atom is 0.124 e. The summed E-state index contributed by atoms with van der Waals surface area (Å²) >= 11 is 1.75. The van der Waals surface area contributed by atoms with E-state index < -0.39 is 0 Å². The van der Waals surface area contributed by atoms with Crippen molar-refractivity contribution in [3.05, 3.63) is 218 Å². The smallest absolute Gasteiger partial charge is 0.124 e. The van der Waals surface area contributed by atoms with Crippen molar-refractivity contribution >= 4 is 49.4 Å². The van der Waals surface area contributed by atoms with E-state index in [1.165, 1.54) is 60.0 Å². The summed E-state index contributed by atoms with van der Waals surface area (Å²) in [5, 5.41) is 3.40. The second-order valence-electron chi connectivity index (χ2n) is 14.0. The van der Waals surface area contributed by atoms with Gasteiger partial charge in [-0.05, 0) is 98.4 Å². The molecule has 1 aromatic heterocycles. The predicted octanol–water partition coefficient (Wildman–Crippen LogP) is 15.3. The van der Waals surface area contributed by atoms with Gasteiger partial charge in [-0.1, -0.05) is 170 Å². The van der Waals surface area contributed by atoms with E-state index in [2.05, 4.69) is 223 Å². The molecule has 10 aromatic rings. The van der Waals surface area contributed by atoms with Crippen LogP contribution in [-0.2, 0) is 0 Å². The number of hydrogen-bond donors (Lipinski definition) is 0. The van der Waals surface area contributed by atoms with Crippen LogP contribution < -0.4 is 4.90 Å². The molecule has 0 fully saturated rings. The maximum atomic E-state index is 5.22. The van der Waals surface area contributed by atoms with Crippen molar-refractivity contribution in [1.29, 1.82) is 0 Å².